The van der Waals surface area contributed by atoms with Gasteiger partial charge in [0.05, 0.1) is 18.5 Å². The summed E-state index contributed by atoms with van der Waals surface area (Å²) in [6, 6.07) is 8.18. The van der Waals surface area contributed by atoms with E-state index in [0.717, 1.165) is 0 Å². The summed E-state index contributed by atoms with van der Waals surface area (Å²) >= 11 is 0. The Morgan fingerprint density at radius 2 is 2.08 bits per heavy atom. The maximum absolute atomic E-state index is 11.9. The first-order valence-corrected chi connectivity index (χ1v) is 7.19. The van der Waals surface area contributed by atoms with E-state index >= 15 is 0 Å². The number of amides is 3. The van der Waals surface area contributed by atoms with E-state index in [9.17, 15) is 14.4 Å². The van der Waals surface area contributed by atoms with Gasteiger partial charge in [0.15, 0.2) is 6.61 Å². The van der Waals surface area contributed by atoms with Crippen molar-refractivity contribution in [3.8, 4) is 5.75 Å². The SMILES string of the molecule is CN1C(=O)COc2ccc(NC(=O)C(=O)NCc3ccco3)cc21. The number of nitrogens with one attached hydrogen (secondary N) is 2. The van der Waals surface area contributed by atoms with Gasteiger partial charge in [0, 0.05) is 12.7 Å². The van der Waals surface area contributed by atoms with E-state index in [2.05, 4.69) is 10.6 Å². The molecular weight excluding hydrogens is 314 g/mol. The largest absolute Gasteiger partial charge is 0.482 e. The number of benzene rings is 1. The zero-order valence-electron chi connectivity index (χ0n) is 12.9. The minimum atomic E-state index is -0.813. The summed E-state index contributed by atoms with van der Waals surface area (Å²) in [5, 5.41) is 4.93. The van der Waals surface area contributed by atoms with Crippen LogP contribution in [0.25, 0.3) is 0 Å². The summed E-state index contributed by atoms with van der Waals surface area (Å²) in [4.78, 5) is 36.8. The van der Waals surface area contributed by atoms with Gasteiger partial charge >= 0.3 is 11.8 Å². The van der Waals surface area contributed by atoms with E-state index in [1.807, 2.05) is 0 Å². The normalized spacial score (nSPS) is 13.0. The lowest BCUT2D eigenvalue weighted by atomic mass is 10.2. The van der Waals surface area contributed by atoms with Crippen molar-refractivity contribution in [3.63, 3.8) is 0 Å². The van der Waals surface area contributed by atoms with Gasteiger partial charge in [0.25, 0.3) is 5.91 Å². The quantitative estimate of drug-likeness (QED) is 0.815. The number of anilines is 2. The van der Waals surface area contributed by atoms with Gasteiger partial charge in [-0.2, -0.15) is 0 Å². The number of carbonyl (C=O) groups is 3. The molecular formula is C16H15N3O5. The Labute approximate surface area is 137 Å². The van der Waals surface area contributed by atoms with Crippen LogP contribution in [0.4, 0.5) is 11.4 Å². The molecule has 2 heterocycles. The summed E-state index contributed by atoms with van der Waals surface area (Å²) in [5.41, 5.74) is 0.914. The zero-order valence-corrected chi connectivity index (χ0v) is 12.9. The molecule has 0 atom stereocenters. The third-order valence-corrected chi connectivity index (χ3v) is 3.51. The zero-order chi connectivity index (χ0) is 17.1. The number of furan rings is 1. The maximum Gasteiger partial charge on any atom is 0.313 e. The van der Waals surface area contributed by atoms with Gasteiger partial charge in [-0.15, -0.1) is 0 Å². The summed E-state index contributed by atoms with van der Waals surface area (Å²) < 4.78 is 10.4. The predicted octanol–water partition coefficient (Wildman–Crippen LogP) is 0.890. The van der Waals surface area contributed by atoms with Crippen molar-refractivity contribution in [3.05, 3.63) is 42.4 Å². The van der Waals surface area contributed by atoms with Gasteiger partial charge in [-0.3, -0.25) is 14.4 Å². The molecule has 0 bridgehead atoms. The molecule has 2 N–H and O–H groups in total. The maximum atomic E-state index is 11.9. The van der Waals surface area contributed by atoms with Crippen LogP contribution in [-0.2, 0) is 20.9 Å². The van der Waals surface area contributed by atoms with E-state index in [1.54, 1.807) is 37.4 Å². The topological polar surface area (TPSA) is 101 Å². The molecule has 1 aliphatic heterocycles. The van der Waals surface area contributed by atoms with Crippen LogP contribution in [0.2, 0.25) is 0 Å². The molecule has 1 aromatic heterocycles. The van der Waals surface area contributed by atoms with E-state index in [0.29, 0.717) is 22.9 Å². The minimum Gasteiger partial charge on any atom is -0.482 e. The smallest absolute Gasteiger partial charge is 0.313 e. The number of rotatable bonds is 3. The molecule has 1 aliphatic rings. The number of nitrogens with zero attached hydrogens (tertiary/aromatic N) is 1. The Morgan fingerprint density at radius 1 is 1.25 bits per heavy atom. The summed E-state index contributed by atoms with van der Waals surface area (Å²) in [6.07, 6.45) is 1.48. The first-order valence-electron chi connectivity index (χ1n) is 7.19. The molecule has 124 valence electrons. The highest BCUT2D eigenvalue weighted by atomic mass is 16.5. The van der Waals surface area contributed by atoms with Crippen LogP contribution in [0.3, 0.4) is 0 Å². The monoisotopic (exact) mass is 329 g/mol. The second-order valence-electron chi connectivity index (χ2n) is 5.14. The third kappa shape index (κ3) is 3.22. The lowest BCUT2D eigenvalue weighted by Gasteiger charge is -2.26. The molecule has 0 spiro atoms. The first kappa shape index (κ1) is 15.6. The van der Waals surface area contributed by atoms with Crippen molar-refractivity contribution in [2.45, 2.75) is 6.54 Å². The molecule has 0 fully saturated rings. The van der Waals surface area contributed by atoms with E-state index < -0.39 is 11.8 Å². The average molecular weight is 329 g/mol. The van der Waals surface area contributed by atoms with Crippen LogP contribution >= 0.6 is 0 Å². The molecule has 3 amide bonds. The molecule has 8 heteroatoms. The molecule has 0 saturated heterocycles. The number of hydrogen-bond acceptors (Lipinski definition) is 5. The van der Waals surface area contributed by atoms with Gasteiger partial charge in [0.2, 0.25) is 0 Å². The Bertz CT molecular complexity index is 785. The Kier molecular flexibility index (Phi) is 4.19. The predicted molar refractivity (Wildman–Crippen MR) is 84.5 cm³/mol. The molecule has 1 aromatic carbocycles. The van der Waals surface area contributed by atoms with Crippen molar-refractivity contribution in [2.75, 3.05) is 23.9 Å². The molecule has 0 unspecified atom stereocenters. The van der Waals surface area contributed by atoms with Crippen molar-refractivity contribution in [1.82, 2.24) is 5.32 Å². The molecule has 8 nitrogen and oxygen atoms in total. The van der Waals surface area contributed by atoms with E-state index in [-0.39, 0.29) is 19.1 Å². The third-order valence-electron chi connectivity index (χ3n) is 3.51. The number of hydrogen-bond donors (Lipinski definition) is 2. The molecule has 0 aliphatic carbocycles. The fourth-order valence-corrected chi connectivity index (χ4v) is 2.20. The van der Waals surface area contributed by atoms with Crippen molar-refractivity contribution >= 4 is 29.1 Å². The highest BCUT2D eigenvalue weighted by molar-refractivity contribution is 6.39. The van der Waals surface area contributed by atoms with Gasteiger partial charge in [0.1, 0.15) is 11.5 Å². The van der Waals surface area contributed by atoms with E-state index in [4.69, 9.17) is 9.15 Å². The average Bonchev–Trinajstić information content (AvgIpc) is 3.10. The second-order valence-corrected chi connectivity index (χ2v) is 5.14. The number of likely N-dealkylation sites (N-methyl/N-ethyl adjacent to an activating group) is 1. The van der Waals surface area contributed by atoms with Crippen LogP contribution in [0, 0.1) is 0 Å². The van der Waals surface area contributed by atoms with E-state index in [1.165, 1.54) is 11.2 Å². The van der Waals surface area contributed by atoms with Crippen molar-refractivity contribution in [2.24, 2.45) is 0 Å². The molecule has 2 aromatic rings. The molecule has 24 heavy (non-hydrogen) atoms. The summed E-state index contributed by atoms with van der Waals surface area (Å²) in [7, 11) is 1.62. The second kappa shape index (κ2) is 6.45. The van der Waals surface area contributed by atoms with Gasteiger partial charge in [-0.05, 0) is 30.3 Å². The number of fused-ring (bicyclic) bond motifs is 1. The summed E-state index contributed by atoms with van der Waals surface area (Å²) in [5.74, 6) is -0.709. The molecule has 0 saturated carbocycles. The lowest BCUT2D eigenvalue weighted by molar-refractivity contribution is -0.136. The minimum absolute atomic E-state index is 0.0234. The van der Waals surface area contributed by atoms with Crippen LogP contribution < -0.4 is 20.3 Å². The number of carbonyl (C=O) groups excluding carboxylic acids is 3. The Hall–Kier alpha value is -3.29. The van der Waals surface area contributed by atoms with Crippen molar-refractivity contribution in [1.29, 1.82) is 0 Å². The van der Waals surface area contributed by atoms with Crippen LogP contribution in [0.5, 0.6) is 5.75 Å². The fourth-order valence-electron chi connectivity index (χ4n) is 2.20. The van der Waals surface area contributed by atoms with Gasteiger partial charge in [-0.1, -0.05) is 0 Å². The number of ether oxygens (including phenoxy) is 1. The first-order chi connectivity index (χ1) is 11.5. The van der Waals surface area contributed by atoms with Crippen LogP contribution in [0.15, 0.2) is 41.0 Å². The molecule has 0 radical (unpaired) electrons. The highest BCUT2D eigenvalue weighted by Gasteiger charge is 2.23. The molecule has 3 rings (SSSR count). The fraction of sp³-hybridized carbons (Fsp3) is 0.188. The van der Waals surface area contributed by atoms with Crippen LogP contribution in [-0.4, -0.2) is 31.4 Å². The van der Waals surface area contributed by atoms with Gasteiger partial charge < -0.3 is 24.7 Å². The highest BCUT2D eigenvalue weighted by Crippen LogP contribution is 2.33. The lowest BCUT2D eigenvalue weighted by Crippen LogP contribution is -2.36. The van der Waals surface area contributed by atoms with Gasteiger partial charge in [-0.25, -0.2) is 0 Å². The summed E-state index contributed by atoms with van der Waals surface area (Å²) in [6.45, 7) is 0.0961. The Morgan fingerprint density at radius 3 is 2.83 bits per heavy atom. The van der Waals surface area contributed by atoms with Crippen LogP contribution in [0.1, 0.15) is 5.76 Å². The Balaban J connectivity index is 1.64. The van der Waals surface area contributed by atoms with Crippen molar-refractivity contribution < 1.29 is 23.5 Å². The standard InChI is InChI=1S/C16H15N3O5/c1-19-12-7-10(4-5-13(12)24-9-14(19)20)18-16(22)15(21)17-8-11-3-2-6-23-11/h2-7H,8-9H2,1H3,(H,17,21)(H,18,22).